The topological polar surface area (TPSA) is 50.3 Å². The summed E-state index contributed by atoms with van der Waals surface area (Å²) in [7, 11) is -3.43. The summed E-state index contributed by atoms with van der Waals surface area (Å²) in [5, 5.41) is 0. The highest BCUT2D eigenvalue weighted by Crippen LogP contribution is 2.24. The van der Waals surface area contributed by atoms with E-state index in [9.17, 15) is 8.42 Å². The Morgan fingerprint density at radius 1 is 1.24 bits per heavy atom. The average Bonchev–Trinajstić information content (AvgIpc) is 2.54. The molecule has 1 aliphatic heterocycles. The Kier molecular flexibility index (Phi) is 3.78. The number of benzene rings is 1. The maximum Gasteiger partial charge on any atom is 0.243 e. The fourth-order valence-electron chi connectivity index (χ4n) is 2.64. The molecule has 0 atom stereocenters. The summed E-state index contributed by atoms with van der Waals surface area (Å²) in [5.41, 5.74) is 3.23. The molecule has 4 nitrogen and oxygen atoms in total. The van der Waals surface area contributed by atoms with E-state index in [1.807, 2.05) is 25.1 Å². The lowest BCUT2D eigenvalue weighted by atomic mass is 10.0. The smallest absolute Gasteiger partial charge is 0.243 e. The fourth-order valence-corrected chi connectivity index (χ4v) is 4.13. The third kappa shape index (κ3) is 2.71. The number of aromatic nitrogens is 1. The minimum atomic E-state index is -3.43. The standard InChI is InChI=1S/C16H18N2O2S/c1-2-13-4-3-5-16(10-13)21(19,20)18-9-7-14-6-8-17-11-15(14)12-18/h3-6,8,10-11H,2,7,9,12H2,1H3. The molecular formula is C16H18N2O2S. The van der Waals surface area contributed by atoms with Crippen LogP contribution in [0.2, 0.25) is 0 Å². The monoisotopic (exact) mass is 302 g/mol. The molecule has 0 fully saturated rings. The van der Waals surface area contributed by atoms with E-state index in [2.05, 4.69) is 4.98 Å². The zero-order valence-corrected chi connectivity index (χ0v) is 12.8. The van der Waals surface area contributed by atoms with Gasteiger partial charge >= 0.3 is 0 Å². The predicted octanol–water partition coefficient (Wildman–Crippen LogP) is 2.39. The van der Waals surface area contributed by atoms with Crippen molar-refractivity contribution >= 4 is 10.0 Å². The van der Waals surface area contributed by atoms with Crippen molar-refractivity contribution in [3.63, 3.8) is 0 Å². The summed E-state index contributed by atoms with van der Waals surface area (Å²) in [6.45, 7) is 2.95. The van der Waals surface area contributed by atoms with Crippen LogP contribution in [0.3, 0.4) is 0 Å². The average molecular weight is 302 g/mol. The molecule has 21 heavy (non-hydrogen) atoms. The minimum absolute atomic E-state index is 0.384. The SMILES string of the molecule is CCc1cccc(S(=O)(=O)N2CCc3ccncc3C2)c1. The Labute approximate surface area is 125 Å². The lowest BCUT2D eigenvalue weighted by molar-refractivity contribution is 0.390. The molecule has 0 bridgehead atoms. The van der Waals surface area contributed by atoms with Gasteiger partial charge in [0.05, 0.1) is 4.90 Å². The van der Waals surface area contributed by atoms with Gasteiger partial charge in [-0.3, -0.25) is 4.98 Å². The molecule has 0 unspecified atom stereocenters. The van der Waals surface area contributed by atoms with Gasteiger partial charge in [-0.2, -0.15) is 4.31 Å². The fraction of sp³-hybridized carbons (Fsp3) is 0.312. The summed E-state index contributed by atoms with van der Waals surface area (Å²) in [4.78, 5) is 4.48. The molecule has 0 saturated heterocycles. The third-order valence-electron chi connectivity index (χ3n) is 3.93. The lowest BCUT2D eigenvalue weighted by Gasteiger charge is -2.27. The van der Waals surface area contributed by atoms with Crippen molar-refractivity contribution in [3.05, 3.63) is 59.4 Å². The summed E-state index contributed by atoms with van der Waals surface area (Å²) in [5.74, 6) is 0. The Hall–Kier alpha value is -1.72. The van der Waals surface area contributed by atoms with Crippen LogP contribution in [0.1, 0.15) is 23.6 Å². The van der Waals surface area contributed by atoms with E-state index in [0.717, 1.165) is 24.0 Å². The zero-order chi connectivity index (χ0) is 14.9. The van der Waals surface area contributed by atoms with Crippen molar-refractivity contribution in [1.29, 1.82) is 0 Å². The Balaban J connectivity index is 1.93. The Morgan fingerprint density at radius 3 is 2.90 bits per heavy atom. The second-order valence-electron chi connectivity index (χ2n) is 5.23. The van der Waals surface area contributed by atoms with Crippen LogP contribution >= 0.6 is 0 Å². The molecule has 0 saturated carbocycles. The maximum atomic E-state index is 12.8. The molecule has 1 aromatic carbocycles. The van der Waals surface area contributed by atoms with Crippen LogP contribution in [0, 0.1) is 0 Å². The van der Waals surface area contributed by atoms with Gasteiger partial charge in [0.25, 0.3) is 0 Å². The van der Waals surface area contributed by atoms with Crippen molar-refractivity contribution in [1.82, 2.24) is 9.29 Å². The van der Waals surface area contributed by atoms with Crippen LogP contribution in [0.15, 0.2) is 47.6 Å². The largest absolute Gasteiger partial charge is 0.264 e. The molecular weight excluding hydrogens is 284 g/mol. The molecule has 1 aromatic heterocycles. The second kappa shape index (κ2) is 5.58. The number of aryl methyl sites for hydroxylation is 1. The molecule has 3 rings (SSSR count). The quantitative estimate of drug-likeness (QED) is 0.875. The van der Waals surface area contributed by atoms with Crippen molar-refractivity contribution < 1.29 is 8.42 Å². The summed E-state index contributed by atoms with van der Waals surface area (Å²) in [6.07, 6.45) is 5.09. The van der Waals surface area contributed by atoms with E-state index in [0.29, 0.717) is 18.0 Å². The molecule has 110 valence electrons. The number of fused-ring (bicyclic) bond motifs is 1. The van der Waals surface area contributed by atoms with E-state index < -0.39 is 10.0 Å². The maximum absolute atomic E-state index is 12.8. The summed E-state index contributed by atoms with van der Waals surface area (Å²) < 4.78 is 27.1. The van der Waals surface area contributed by atoms with E-state index in [-0.39, 0.29) is 0 Å². The first-order valence-electron chi connectivity index (χ1n) is 7.12. The van der Waals surface area contributed by atoms with Crippen molar-refractivity contribution in [2.45, 2.75) is 31.2 Å². The van der Waals surface area contributed by atoms with Gasteiger partial charge in [0.15, 0.2) is 0 Å². The number of sulfonamides is 1. The molecule has 0 amide bonds. The normalized spacial score (nSPS) is 15.7. The minimum Gasteiger partial charge on any atom is -0.264 e. The van der Waals surface area contributed by atoms with Gasteiger partial charge in [-0.05, 0) is 47.7 Å². The molecule has 0 N–H and O–H groups in total. The van der Waals surface area contributed by atoms with Gasteiger partial charge in [0, 0.05) is 25.5 Å². The molecule has 0 aliphatic carbocycles. The second-order valence-corrected chi connectivity index (χ2v) is 7.17. The lowest BCUT2D eigenvalue weighted by Crippen LogP contribution is -2.36. The van der Waals surface area contributed by atoms with E-state index in [1.165, 1.54) is 5.56 Å². The van der Waals surface area contributed by atoms with Crippen LogP contribution in [0.4, 0.5) is 0 Å². The van der Waals surface area contributed by atoms with E-state index in [4.69, 9.17) is 0 Å². The van der Waals surface area contributed by atoms with Crippen molar-refractivity contribution in [3.8, 4) is 0 Å². The molecule has 5 heteroatoms. The highest BCUT2D eigenvalue weighted by atomic mass is 32.2. The van der Waals surface area contributed by atoms with E-state index >= 15 is 0 Å². The molecule has 2 aromatic rings. The van der Waals surface area contributed by atoms with Crippen LogP contribution in [-0.2, 0) is 29.4 Å². The summed E-state index contributed by atoms with van der Waals surface area (Å²) >= 11 is 0. The van der Waals surface area contributed by atoms with Crippen LogP contribution < -0.4 is 0 Å². The Bertz CT molecular complexity index is 756. The molecule has 1 aliphatic rings. The molecule has 2 heterocycles. The van der Waals surface area contributed by atoms with Crippen LogP contribution in [0.5, 0.6) is 0 Å². The first-order chi connectivity index (χ1) is 10.1. The third-order valence-corrected chi connectivity index (χ3v) is 5.77. The van der Waals surface area contributed by atoms with Gasteiger partial charge in [0.1, 0.15) is 0 Å². The van der Waals surface area contributed by atoms with Crippen LogP contribution in [0.25, 0.3) is 0 Å². The predicted molar refractivity (Wildman–Crippen MR) is 81.4 cm³/mol. The number of pyridine rings is 1. The number of hydrogen-bond donors (Lipinski definition) is 0. The van der Waals surface area contributed by atoms with Gasteiger partial charge in [0.2, 0.25) is 10.0 Å². The van der Waals surface area contributed by atoms with Crippen molar-refractivity contribution in [2.24, 2.45) is 0 Å². The van der Waals surface area contributed by atoms with Gasteiger partial charge in [-0.1, -0.05) is 19.1 Å². The zero-order valence-electron chi connectivity index (χ0n) is 12.0. The van der Waals surface area contributed by atoms with Gasteiger partial charge in [-0.25, -0.2) is 8.42 Å². The molecule has 0 spiro atoms. The summed E-state index contributed by atoms with van der Waals surface area (Å²) in [6, 6.07) is 9.18. The van der Waals surface area contributed by atoms with Gasteiger partial charge in [-0.15, -0.1) is 0 Å². The molecule has 0 radical (unpaired) electrons. The number of hydrogen-bond acceptors (Lipinski definition) is 3. The number of nitrogens with zero attached hydrogens (tertiary/aromatic N) is 2. The first-order valence-corrected chi connectivity index (χ1v) is 8.56. The van der Waals surface area contributed by atoms with Gasteiger partial charge < -0.3 is 0 Å². The van der Waals surface area contributed by atoms with Crippen molar-refractivity contribution in [2.75, 3.05) is 6.54 Å². The van der Waals surface area contributed by atoms with Crippen LogP contribution in [-0.4, -0.2) is 24.3 Å². The first kappa shape index (κ1) is 14.2. The van der Waals surface area contributed by atoms with E-state index in [1.54, 1.807) is 28.8 Å². The highest BCUT2D eigenvalue weighted by Gasteiger charge is 2.28. The number of rotatable bonds is 3. The Morgan fingerprint density at radius 2 is 2.10 bits per heavy atom. The highest BCUT2D eigenvalue weighted by molar-refractivity contribution is 7.89.